The van der Waals surface area contributed by atoms with Gasteiger partial charge in [-0.2, -0.15) is 13.2 Å². The first-order valence-corrected chi connectivity index (χ1v) is 7.61. The number of carbonyl (C=O) groups is 2. The fourth-order valence-corrected chi connectivity index (χ4v) is 2.47. The molecule has 0 aromatic carbocycles. The molecule has 25 heavy (non-hydrogen) atoms. The van der Waals surface area contributed by atoms with Crippen LogP contribution in [0.3, 0.4) is 0 Å². The van der Waals surface area contributed by atoms with E-state index in [1.165, 1.54) is 0 Å². The molecule has 1 aromatic heterocycles. The molecule has 2 rings (SSSR count). The van der Waals surface area contributed by atoms with Gasteiger partial charge in [-0.1, -0.05) is 11.6 Å². The van der Waals surface area contributed by atoms with E-state index in [1.807, 2.05) is 0 Å². The highest BCUT2D eigenvalue weighted by Gasteiger charge is 2.43. The van der Waals surface area contributed by atoms with Crippen LogP contribution in [0.2, 0.25) is 5.02 Å². The number of ether oxygens (including phenoxy) is 1. The van der Waals surface area contributed by atoms with E-state index < -0.39 is 29.2 Å². The third-order valence-electron chi connectivity index (χ3n) is 3.62. The summed E-state index contributed by atoms with van der Waals surface area (Å²) < 4.78 is 42.6. The molecule has 1 aromatic rings. The van der Waals surface area contributed by atoms with E-state index in [1.54, 1.807) is 0 Å². The van der Waals surface area contributed by atoms with E-state index >= 15 is 0 Å². The summed E-state index contributed by atoms with van der Waals surface area (Å²) in [6.07, 6.45) is -3.88. The van der Waals surface area contributed by atoms with E-state index in [-0.39, 0.29) is 43.4 Å². The standard InChI is InChI=1S/C14H15ClF3N3O4/c15-9-5-8(14(16,17)18)6-20-11(9)19-3-1-10(22)21-13(12(23)24)2-4-25-7-13/h5-6H,1-4,7H2,(H,19,20)(H,21,22)(H,23,24). The Bertz CT molecular complexity index is 663. The number of amides is 1. The zero-order valence-electron chi connectivity index (χ0n) is 12.8. The number of carboxylic acid groups (broad SMARTS) is 1. The van der Waals surface area contributed by atoms with Crippen LogP contribution in [0.4, 0.5) is 19.0 Å². The van der Waals surface area contributed by atoms with Crippen molar-refractivity contribution >= 4 is 29.3 Å². The number of alkyl halides is 3. The highest BCUT2D eigenvalue weighted by Crippen LogP contribution is 2.32. The SMILES string of the molecule is O=C(CCNc1ncc(C(F)(F)F)cc1Cl)NC1(C(=O)O)CCOC1. The highest BCUT2D eigenvalue weighted by molar-refractivity contribution is 6.32. The Kier molecular flexibility index (Phi) is 5.73. The van der Waals surface area contributed by atoms with Crippen LogP contribution in [0.1, 0.15) is 18.4 Å². The van der Waals surface area contributed by atoms with Gasteiger partial charge >= 0.3 is 12.1 Å². The summed E-state index contributed by atoms with van der Waals surface area (Å²) in [5.41, 5.74) is -2.42. The van der Waals surface area contributed by atoms with Crippen molar-refractivity contribution in [3.8, 4) is 0 Å². The molecule has 1 aliphatic heterocycles. The van der Waals surface area contributed by atoms with Crippen molar-refractivity contribution in [2.75, 3.05) is 25.1 Å². The maximum atomic E-state index is 12.5. The summed E-state index contributed by atoms with van der Waals surface area (Å²) in [6.45, 7) is 0.129. The average Bonchev–Trinajstić information content (AvgIpc) is 2.97. The van der Waals surface area contributed by atoms with Crippen LogP contribution in [0.5, 0.6) is 0 Å². The second-order valence-corrected chi connectivity index (χ2v) is 5.87. The van der Waals surface area contributed by atoms with Crippen molar-refractivity contribution in [3.63, 3.8) is 0 Å². The van der Waals surface area contributed by atoms with Crippen LogP contribution in [-0.4, -0.2) is 47.3 Å². The number of hydrogen-bond acceptors (Lipinski definition) is 5. The molecule has 1 aliphatic rings. The molecule has 1 atom stereocenters. The Morgan fingerprint density at radius 3 is 2.68 bits per heavy atom. The summed E-state index contributed by atoms with van der Waals surface area (Å²) in [4.78, 5) is 26.8. The molecule has 1 fully saturated rings. The zero-order valence-corrected chi connectivity index (χ0v) is 13.6. The van der Waals surface area contributed by atoms with Crippen LogP contribution in [0.25, 0.3) is 0 Å². The van der Waals surface area contributed by atoms with Crippen molar-refractivity contribution in [2.24, 2.45) is 0 Å². The molecule has 138 valence electrons. The van der Waals surface area contributed by atoms with Crippen LogP contribution >= 0.6 is 11.6 Å². The number of nitrogens with one attached hydrogen (secondary N) is 2. The predicted octanol–water partition coefficient (Wildman–Crippen LogP) is 1.92. The number of pyridine rings is 1. The third-order valence-corrected chi connectivity index (χ3v) is 3.91. The number of rotatable bonds is 6. The lowest BCUT2D eigenvalue weighted by Gasteiger charge is -2.23. The van der Waals surface area contributed by atoms with E-state index in [9.17, 15) is 27.9 Å². The molecular weight excluding hydrogens is 367 g/mol. The summed E-state index contributed by atoms with van der Waals surface area (Å²) >= 11 is 5.73. The Labute approximate surface area is 145 Å². The average molecular weight is 382 g/mol. The lowest BCUT2D eigenvalue weighted by molar-refractivity contribution is -0.147. The summed E-state index contributed by atoms with van der Waals surface area (Å²) in [5.74, 6) is -1.72. The Hall–Kier alpha value is -2.07. The molecule has 3 N–H and O–H groups in total. The van der Waals surface area contributed by atoms with Crippen molar-refractivity contribution in [1.82, 2.24) is 10.3 Å². The number of carboxylic acids is 1. The summed E-state index contributed by atoms with van der Waals surface area (Å²) in [6, 6.07) is 0.728. The number of aromatic nitrogens is 1. The fourth-order valence-electron chi connectivity index (χ4n) is 2.23. The minimum Gasteiger partial charge on any atom is -0.479 e. The smallest absolute Gasteiger partial charge is 0.417 e. The van der Waals surface area contributed by atoms with Gasteiger partial charge in [-0.25, -0.2) is 9.78 Å². The van der Waals surface area contributed by atoms with Gasteiger partial charge in [0.1, 0.15) is 5.82 Å². The van der Waals surface area contributed by atoms with Gasteiger partial charge in [-0.3, -0.25) is 4.79 Å². The number of aliphatic carboxylic acids is 1. The van der Waals surface area contributed by atoms with Crippen LogP contribution in [-0.2, 0) is 20.5 Å². The van der Waals surface area contributed by atoms with Gasteiger partial charge in [-0.05, 0) is 6.07 Å². The molecule has 1 saturated heterocycles. The second-order valence-electron chi connectivity index (χ2n) is 5.47. The van der Waals surface area contributed by atoms with Crippen molar-refractivity contribution in [2.45, 2.75) is 24.6 Å². The van der Waals surface area contributed by atoms with Crippen molar-refractivity contribution in [1.29, 1.82) is 0 Å². The van der Waals surface area contributed by atoms with E-state index in [0.717, 1.165) is 6.07 Å². The van der Waals surface area contributed by atoms with E-state index in [4.69, 9.17) is 16.3 Å². The third kappa shape index (κ3) is 4.73. The number of carbonyl (C=O) groups excluding carboxylic acids is 1. The maximum Gasteiger partial charge on any atom is 0.417 e. The maximum absolute atomic E-state index is 12.5. The minimum absolute atomic E-state index is 0.000357. The van der Waals surface area contributed by atoms with Crippen molar-refractivity contribution < 1.29 is 32.6 Å². The summed E-state index contributed by atoms with van der Waals surface area (Å²) in [7, 11) is 0. The molecule has 0 aliphatic carbocycles. The van der Waals surface area contributed by atoms with Gasteiger partial charge in [0.2, 0.25) is 5.91 Å². The zero-order chi connectivity index (χ0) is 18.7. The number of nitrogens with zero attached hydrogens (tertiary/aromatic N) is 1. The minimum atomic E-state index is -4.55. The Morgan fingerprint density at radius 2 is 2.16 bits per heavy atom. The Balaban J connectivity index is 1.88. The lowest BCUT2D eigenvalue weighted by atomic mass is 9.99. The van der Waals surface area contributed by atoms with Gasteiger partial charge in [-0.15, -0.1) is 0 Å². The first-order valence-electron chi connectivity index (χ1n) is 7.23. The quantitative estimate of drug-likeness (QED) is 0.696. The largest absolute Gasteiger partial charge is 0.479 e. The van der Waals surface area contributed by atoms with Gasteiger partial charge in [0, 0.05) is 32.2 Å². The first-order chi connectivity index (χ1) is 11.6. The van der Waals surface area contributed by atoms with Gasteiger partial charge in [0.15, 0.2) is 5.54 Å². The number of anilines is 1. The number of hydrogen-bond donors (Lipinski definition) is 3. The summed E-state index contributed by atoms with van der Waals surface area (Å²) in [5, 5.41) is 14.0. The molecule has 11 heteroatoms. The van der Waals surface area contributed by atoms with Crippen LogP contribution in [0.15, 0.2) is 12.3 Å². The van der Waals surface area contributed by atoms with Crippen LogP contribution < -0.4 is 10.6 Å². The number of halogens is 4. The van der Waals surface area contributed by atoms with Gasteiger partial charge < -0.3 is 20.5 Å². The monoisotopic (exact) mass is 381 g/mol. The molecule has 2 heterocycles. The lowest BCUT2D eigenvalue weighted by Crippen LogP contribution is -2.55. The van der Waals surface area contributed by atoms with Crippen LogP contribution in [0, 0.1) is 0 Å². The molecule has 0 radical (unpaired) electrons. The predicted molar refractivity (Wildman–Crippen MR) is 81.3 cm³/mol. The normalized spacial score (nSPS) is 20.3. The fraction of sp³-hybridized carbons (Fsp3) is 0.500. The molecule has 1 unspecified atom stereocenters. The van der Waals surface area contributed by atoms with Gasteiger partial charge in [0.25, 0.3) is 0 Å². The molecule has 0 bridgehead atoms. The van der Waals surface area contributed by atoms with E-state index in [2.05, 4.69) is 15.6 Å². The Morgan fingerprint density at radius 1 is 1.44 bits per heavy atom. The second kappa shape index (κ2) is 7.44. The first kappa shape index (κ1) is 19.3. The van der Waals surface area contributed by atoms with Crippen molar-refractivity contribution in [3.05, 3.63) is 22.8 Å². The topological polar surface area (TPSA) is 101 Å². The molecule has 0 saturated carbocycles. The molecular formula is C14H15ClF3N3O4. The molecule has 0 spiro atoms. The van der Waals surface area contributed by atoms with Gasteiger partial charge in [0.05, 0.1) is 17.2 Å². The molecule has 1 amide bonds. The highest BCUT2D eigenvalue weighted by atomic mass is 35.5. The van der Waals surface area contributed by atoms with E-state index in [0.29, 0.717) is 6.20 Å². The molecule has 7 nitrogen and oxygen atoms in total.